The zero-order valence-electron chi connectivity index (χ0n) is 15.8. The van der Waals surface area contributed by atoms with E-state index in [1.54, 1.807) is 0 Å². The third-order valence-corrected chi connectivity index (χ3v) is 6.27. The molecule has 25 heavy (non-hydrogen) atoms. The quantitative estimate of drug-likeness (QED) is 0.805. The molecule has 1 N–H and O–H groups in total. The van der Waals surface area contributed by atoms with Crippen molar-refractivity contribution >= 4 is 11.9 Å². The normalized spacial score (nSPS) is 25.8. The average molecular weight is 346 g/mol. The van der Waals surface area contributed by atoms with Crippen LogP contribution in [0.25, 0.3) is 0 Å². The van der Waals surface area contributed by atoms with Gasteiger partial charge in [0.15, 0.2) is 6.61 Å². The molecule has 1 amide bonds. The second kappa shape index (κ2) is 7.22. The van der Waals surface area contributed by atoms with Crippen LogP contribution in [0.3, 0.4) is 0 Å². The summed E-state index contributed by atoms with van der Waals surface area (Å²) in [6.07, 6.45) is 5.22. The molecule has 0 spiro atoms. The van der Waals surface area contributed by atoms with E-state index < -0.39 is 5.97 Å². The third kappa shape index (κ3) is 3.60. The number of fused-ring (bicyclic) bond motifs is 2. The number of nitrogens with one attached hydrogen (secondary N) is 1. The van der Waals surface area contributed by atoms with Gasteiger partial charge in [-0.25, -0.2) is 4.79 Å². The molecule has 2 bridgehead atoms. The molecular formula is C20H30N2O3. The fourth-order valence-corrected chi connectivity index (χ4v) is 5.01. The molecule has 0 radical (unpaired) electrons. The molecule has 2 aliphatic rings. The molecule has 1 heterocycles. The summed E-state index contributed by atoms with van der Waals surface area (Å²) < 4.78 is 7.31. The molecule has 2 saturated carbocycles. The van der Waals surface area contributed by atoms with E-state index in [1.165, 1.54) is 25.7 Å². The lowest BCUT2D eigenvalue weighted by Crippen LogP contribution is -2.42. The lowest BCUT2D eigenvalue weighted by Gasteiger charge is -2.28. The highest BCUT2D eigenvalue weighted by Crippen LogP contribution is 2.49. The third-order valence-electron chi connectivity index (χ3n) is 6.27. The van der Waals surface area contributed by atoms with Crippen molar-refractivity contribution in [1.82, 2.24) is 9.88 Å². The molecule has 1 aromatic heterocycles. The Labute approximate surface area is 150 Å². The van der Waals surface area contributed by atoms with Crippen molar-refractivity contribution in [3.8, 4) is 0 Å². The van der Waals surface area contributed by atoms with Gasteiger partial charge in [0, 0.05) is 24.0 Å². The van der Waals surface area contributed by atoms with Crippen LogP contribution in [0.4, 0.5) is 0 Å². The van der Waals surface area contributed by atoms with Gasteiger partial charge in [-0.3, -0.25) is 4.79 Å². The van der Waals surface area contributed by atoms with Gasteiger partial charge in [0.2, 0.25) is 0 Å². The van der Waals surface area contributed by atoms with Crippen LogP contribution in [0.15, 0.2) is 6.07 Å². The number of amides is 1. The summed E-state index contributed by atoms with van der Waals surface area (Å²) in [6, 6.07) is 1.99. The van der Waals surface area contributed by atoms with Crippen LogP contribution in [0.2, 0.25) is 0 Å². The van der Waals surface area contributed by atoms with Crippen LogP contribution in [-0.4, -0.2) is 29.1 Å². The molecule has 5 nitrogen and oxygen atoms in total. The highest BCUT2D eigenvalue weighted by molar-refractivity contribution is 5.92. The molecule has 1 aromatic rings. The van der Waals surface area contributed by atoms with E-state index in [2.05, 4.69) is 16.8 Å². The number of hydrogen-bond donors (Lipinski definition) is 1. The predicted molar refractivity (Wildman–Crippen MR) is 96.4 cm³/mol. The van der Waals surface area contributed by atoms with Crippen LogP contribution in [-0.2, 0) is 16.1 Å². The first kappa shape index (κ1) is 18.0. The van der Waals surface area contributed by atoms with E-state index in [0.29, 0.717) is 11.5 Å². The van der Waals surface area contributed by atoms with E-state index in [1.807, 2.05) is 26.8 Å². The number of aryl methyl sites for hydroxylation is 1. The number of rotatable bonds is 6. The molecule has 0 aliphatic heterocycles. The maximum absolute atomic E-state index is 12.3. The minimum absolute atomic E-state index is 0.159. The molecule has 4 atom stereocenters. The van der Waals surface area contributed by atoms with E-state index in [4.69, 9.17) is 4.74 Å². The van der Waals surface area contributed by atoms with Gasteiger partial charge in [0.25, 0.3) is 5.91 Å². The van der Waals surface area contributed by atoms with Crippen LogP contribution in [0.5, 0.6) is 0 Å². The summed E-state index contributed by atoms with van der Waals surface area (Å²) in [4.78, 5) is 24.5. The fourth-order valence-electron chi connectivity index (χ4n) is 5.01. The molecule has 4 unspecified atom stereocenters. The number of nitrogens with zero attached hydrogens (tertiary/aromatic N) is 1. The van der Waals surface area contributed by atoms with E-state index >= 15 is 0 Å². The molecule has 0 aromatic carbocycles. The fraction of sp³-hybridized carbons (Fsp3) is 0.700. The van der Waals surface area contributed by atoms with Gasteiger partial charge in [0.05, 0.1) is 5.56 Å². The maximum Gasteiger partial charge on any atom is 0.340 e. The Kier molecular flexibility index (Phi) is 5.21. The molecule has 138 valence electrons. The van der Waals surface area contributed by atoms with Gasteiger partial charge < -0.3 is 14.6 Å². The molecule has 2 aliphatic carbocycles. The van der Waals surface area contributed by atoms with Gasteiger partial charge >= 0.3 is 5.97 Å². The zero-order valence-corrected chi connectivity index (χ0v) is 15.8. The second-order valence-electron chi connectivity index (χ2n) is 7.80. The Hall–Kier alpha value is -1.78. The number of esters is 1. The molecule has 0 saturated heterocycles. The predicted octanol–water partition coefficient (Wildman–Crippen LogP) is 3.22. The van der Waals surface area contributed by atoms with Gasteiger partial charge in [-0.2, -0.15) is 0 Å². The van der Waals surface area contributed by atoms with Gasteiger partial charge in [-0.15, -0.1) is 0 Å². The highest BCUT2D eigenvalue weighted by atomic mass is 16.5. The van der Waals surface area contributed by atoms with Crippen molar-refractivity contribution < 1.29 is 14.3 Å². The summed E-state index contributed by atoms with van der Waals surface area (Å²) in [5, 5.41) is 3.03. The lowest BCUT2D eigenvalue weighted by molar-refractivity contribution is -0.125. The number of hydrogen-bond acceptors (Lipinski definition) is 3. The Morgan fingerprint density at radius 3 is 2.64 bits per heavy atom. The summed E-state index contributed by atoms with van der Waals surface area (Å²) >= 11 is 0. The average Bonchev–Trinajstić information content (AvgIpc) is 3.27. The van der Waals surface area contributed by atoms with Gasteiger partial charge in [-0.1, -0.05) is 6.42 Å². The van der Waals surface area contributed by atoms with E-state index in [0.717, 1.165) is 29.8 Å². The first-order chi connectivity index (χ1) is 11.9. The minimum Gasteiger partial charge on any atom is -0.452 e. The van der Waals surface area contributed by atoms with Gasteiger partial charge in [0.1, 0.15) is 0 Å². The minimum atomic E-state index is -0.421. The Morgan fingerprint density at radius 2 is 2.08 bits per heavy atom. The largest absolute Gasteiger partial charge is 0.452 e. The van der Waals surface area contributed by atoms with Crippen LogP contribution >= 0.6 is 0 Å². The summed E-state index contributed by atoms with van der Waals surface area (Å²) in [5.74, 6) is 1.59. The topological polar surface area (TPSA) is 60.3 Å². The number of ether oxygens (including phenoxy) is 1. The van der Waals surface area contributed by atoms with Gasteiger partial charge in [-0.05, 0) is 70.8 Å². The van der Waals surface area contributed by atoms with E-state index in [-0.39, 0.29) is 18.6 Å². The second-order valence-corrected chi connectivity index (χ2v) is 7.80. The first-order valence-electron chi connectivity index (χ1n) is 9.53. The number of aromatic nitrogens is 1. The van der Waals surface area contributed by atoms with Crippen molar-refractivity contribution in [2.24, 2.45) is 17.8 Å². The van der Waals surface area contributed by atoms with Crippen LogP contribution in [0, 0.1) is 31.6 Å². The van der Waals surface area contributed by atoms with Crippen molar-refractivity contribution in [2.75, 3.05) is 6.61 Å². The Balaban J connectivity index is 1.49. The Morgan fingerprint density at radius 1 is 1.32 bits per heavy atom. The first-order valence-corrected chi connectivity index (χ1v) is 9.53. The molecule has 3 rings (SSSR count). The van der Waals surface area contributed by atoms with E-state index in [9.17, 15) is 9.59 Å². The van der Waals surface area contributed by atoms with Crippen molar-refractivity contribution in [2.45, 2.75) is 66.0 Å². The standard InChI is InChI=1S/C20H30N2O3/c1-5-22-12(2)8-18(14(22)4)20(24)25-11-19(23)21-13(3)17-10-15-6-7-16(17)9-15/h8,13,15-17H,5-7,9-11H2,1-4H3,(H,21,23). The lowest BCUT2D eigenvalue weighted by atomic mass is 9.84. The molecule has 2 fully saturated rings. The van der Waals surface area contributed by atoms with Crippen molar-refractivity contribution in [3.05, 3.63) is 23.0 Å². The Bertz CT molecular complexity index is 664. The van der Waals surface area contributed by atoms with Crippen molar-refractivity contribution in [1.29, 1.82) is 0 Å². The molecular weight excluding hydrogens is 316 g/mol. The summed E-state index contributed by atoms with van der Waals surface area (Å²) in [6.45, 7) is 8.60. The maximum atomic E-state index is 12.3. The monoisotopic (exact) mass is 346 g/mol. The SMILES string of the molecule is CCn1c(C)cc(C(=O)OCC(=O)NC(C)C2CC3CCC2C3)c1C. The van der Waals surface area contributed by atoms with Crippen molar-refractivity contribution in [3.63, 3.8) is 0 Å². The smallest absolute Gasteiger partial charge is 0.340 e. The van der Waals surface area contributed by atoms with Crippen LogP contribution in [0.1, 0.15) is 61.3 Å². The van der Waals surface area contributed by atoms with Crippen LogP contribution < -0.4 is 5.32 Å². The zero-order chi connectivity index (χ0) is 18.1. The molecule has 5 heteroatoms. The highest BCUT2D eigenvalue weighted by Gasteiger charge is 2.42. The summed E-state index contributed by atoms with van der Waals surface area (Å²) in [5.41, 5.74) is 2.47. The summed E-state index contributed by atoms with van der Waals surface area (Å²) in [7, 11) is 0. The number of carbonyl (C=O) groups excluding carboxylic acids is 2. The number of carbonyl (C=O) groups is 2.